The Balaban J connectivity index is 1.64. The van der Waals surface area contributed by atoms with Crippen LogP contribution in [-0.2, 0) is 6.42 Å². The SMILES string of the molecule is NC1CCCN(C(=O)c2ccccc2OCCc2ccccc2)CC1. The first-order valence-corrected chi connectivity index (χ1v) is 9.04. The summed E-state index contributed by atoms with van der Waals surface area (Å²) in [6.45, 7) is 2.04. The molecule has 1 amide bonds. The maximum Gasteiger partial charge on any atom is 0.257 e. The van der Waals surface area contributed by atoms with Crippen molar-refractivity contribution in [1.29, 1.82) is 0 Å². The second-order valence-electron chi connectivity index (χ2n) is 6.56. The molecular formula is C21H26N2O2. The van der Waals surface area contributed by atoms with E-state index >= 15 is 0 Å². The lowest BCUT2D eigenvalue weighted by Gasteiger charge is -2.22. The molecule has 2 aromatic carbocycles. The standard InChI is InChI=1S/C21H26N2O2/c22-18-9-6-14-23(15-12-18)21(24)19-10-4-5-11-20(19)25-16-13-17-7-2-1-3-8-17/h1-5,7-8,10-11,18H,6,9,12-16,22H2. The van der Waals surface area contributed by atoms with E-state index in [1.165, 1.54) is 5.56 Å². The van der Waals surface area contributed by atoms with Crippen LogP contribution in [0.2, 0.25) is 0 Å². The van der Waals surface area contributed by atoms with Crippen LogP contribution in [0.25, 0.3) is 0 Å². The molecule has 0 aromatic heterocycles. The Morgan fingerprint density at radius 3 is 2.64 bits per heavy atom. The number of ether oxygens (including phenoxy) is 1. The van der Waals surface area contributed by atoms with Crippen molar-refractivity contribution in [2.45, 2.75) is 31.7 Å². The van der Waals surface area contributed by atoms with Gasteiger partial charge in [-0.05, 0) is 37.0 Å². The van der Waals surface area contributed by atoms with Gasteiger partial charge in [0.25, 0.3) is 5.91 Å². The Kier molecular flexibility index (Phi) is 6.07. The van der Waals surface area contributed by atoms with Gasteiger partial charge in [0.2, 0.25) is 0 Å². The number of carbonyl (C=O) groups excluding carboxylic acids is 1. The molecule has 0 radical (unpaired) electrons. The zero-order valence-electron chi connectivity index (χ0n) is 14.6. The molecule has 1 saturated heterocycles. The minimum Gasteiger partial charge on any atom is -0.492 e. The van der Waals surface area contributed by atoms with Crippen molar-refractivity contribution >= 4 is 5.91 Å². The number of benzene rings is 2. The van der Waals surface area contributed by atoms with Crippen LogP contribution >= 0.6 is 0 Å². The molecule has 0 spiro atoms. The van der Waals surface area contributed by atoms with Crippen LogP contribution in [0, 0.1) is 0 Å². The summed E-state index contributed by atoms with van der Waals surface area (Å²) in [5.74, 6) is 0.710. The number of hydrogen-bond donors (Lipinski definition) is 1. The molecule has 2 aromatic rings. The molecule has 4 heteroatoms. The summed E-state index contributed by atoms with van der Waals surface area (Å²) in [7, 11) is 0. The maximum atomic E-state index is 12.9. The number of para-hydroxylation sites is 1. The fourth-order valence-corrected chi connectivity index (χ4v) is 3.19. The highest BCUT2D eigenvalue weighted by molar-refractivity contribution is 5.97. The van der Waals surface area contributed by atoms with Crippen molar-refractivity contribution in [2.75, 3.05) is 19.7 Å². The van der Waals surface area contributed by atoms with Crippen LogP contribution in [0.5, 0.6) is 5.75 Å². The van der Waals surface area contributed by atoms with Gasteiger partial charge in [0.05, 0.1) is 12.2 Å². The lowest BCUT2D eigenvalue weighted by molar-refractivity contribution is 0.0757. The normalized spacial score (nSPS) is 17.8. The smallest absolute Gasteiger partial charge is 0.257 e. The predicted molar refractivity (Wildman–Crippen MR) is 99.8 cm³/mol. The van der Waals surface area contributed by atoms with Gasteiger partial charge < -0.3 is 15.4 Å². The van der Waals surface area contributed by atoms with Crippen molar-refractivity contribution in [2.24, 2.45) is 5.73 Å². The molecule has 132 valence electrons. The molecule has 3 rings (SSSR count). The van der Waals surface area contributed by atoms with Gasteiger partial charge in [-0.2, -0.15) is 0 Å². The van der Waals surface area contributed by atoms with Crippen molar-refractivity contribution in [3.8, 4) is 5.75 Å². The number of nitrogens with two attached hydrogens (primary N) is 1. The Bertz CT molecular complexity index is 687. The summed E-state index contributed by atoms with van der Waals surface area (Å²) in [5, 5.41) is 0. The molecule has 1 unspecified atom stereocenters. The van der Waals surface area contributed by atoms with Gasteiger partial charge in [0.1, 0.15) is 5.75 Å². The number of nitrogens with zero attached hydrogens (tertiary/aromatic N) is 1. The topological polar surface area (TPSA) is 55.6 Å². The summed E-state index contributed by atoms with van der Waals surface area (Å²) in [5.41, 5.74) is 7.90. The van der Waals surface area contributed by atoms with E-state index in [2.05, 4.69) is 12.1 Å². The number of carbonyl (C=O) groups is 1. The molecule has 1 fully saturated rings. The van der Waals surface area contributed by atoms with Gasteiger partial charge >= 0.3 is 0 Å². The number of amides is 1. The van der Waals surface area contributed by atoms with Crippen molar-refractivity contribution in [1.82, 2.24) is 4.90 Å². The van der Waals surface area contributed by atoms with Crippen molar-refractivity contribution in [3.05, 3.63) is 65.7 Å². The van der Waals surface area contributed by atoms with E-state index in [0.29, 0.717) is 17.9 Å². The average molecular weight is 338 g/mol. The Labute approximate surface area is 149 Å². The van der Waals surface area contributed by atoms with E-state index in [0.717, 1.165) is 38.8 Å². The summed E-state index contributed by atoms with van der Waals surface area (Å²) < 4.78 is 5.93. The summed E-state index contributed by atoms with van der Waals surface area (Å²) in [6.07, 6.45) is 3.63. The summed E-state index contributed by atoms with van der Waals surface area (Å²) in [6, 6.07) is 18.0. The van der Waals surface area contributed by atoms with Crippen LogP contribution in [0.1, 0.15) is 35.2 Å². The first-order valence-electron chi connectivity index (χ1n) is 9.04. The number of rotatable bonds is 5. The minimum atomic E-state index is 0.0458. The maximum absolute atomic E-state index is 12.9. The number of hydrogen-bond acceptors (Lipinski definition) is 3. The minimum absolute atomic E-state index is 0.0458. The first kappa shape index (κ1) is 17.5. The third-order valence-corrected chi connectivity index (χ3v) is 4.67. The molecular weight excluding hydrogens is 312 g/mol. The van der Waals surface area contributed by atoms with Crippen LogP contribution in [0.3, 0.4) is 0 Å². The fourth-order valence-electron chi connectivity index (χ4n) is 3.19. The molecule has 1 aliphatic rings. The van der Waals surface area contributed by atoms with Crippen LogP contribution in [-0.4, -0.2) is 36.5 Å². The summed E-state index contributed by atoms with van der Waals surface area (Å²) >= 11 is 0. The molecule has 25 heavy (non-hydrogen) atoms. The Hall–Kier alpha value is -2.33. The molecule has 1 aliphatic heterocycles. The summed E-state index contributed by atoms with van der Waals surface area (Å²) in [4.78, 5) is 14.8. The highest BCUT2D eigenvalue weighted by Gasteiger charge is 2.22. The highest BCUT2D eigenvalue weighted by Crippen LogP contribution is 2.22. The van der Waals surface area contributed by atoms with Gasteiger partial charge in [0, 0.05) is 25.6 Å². The lowest BCUT2D eigenvalue weighted by atomic mass is 10.1. The number of likely N-dealkylation sites (tertiary alicyclic amines) is 1. The molecule has 1 heterocycles. The van der Waals surface area contributed by atoms with Gasteiger partial charge in [-0.15, -0.1) is 0 Å². The van der Waals surface area contributed by atoms with E-state index in [1.807, 2.05) is 47.4 Å². The first-order chi connectivity index (χ1) is 12.2. The van der Waals surface area contributed by atoms with Gasteiger partial charge in [0.15, 0.2) is 0 Å². The van der Waals surface area contributed by atoms with E-state index in [9.17, 15) is 4.79 Å². The molecule has 0 saturated carbocycles. The Morgan fingerprint density at radius 1 is 1.04 bits per heavy atom. The second kappa shape index (κ2) is 8.67. The second-order valence-corrected chi connectivity index (χ2v) is 6.56. The fraction of sp³-hybridized carbons (Fsp3) is 0.381. The van der Waals surface area contributed by atoms with Gasteiger partial charge in [-0.25, -0.2) is 0 Å². The van der Waals surface area contributed by atoms with Crippen LogP contribution in [0.15, 0.2) is 54.6 Å². The molecule has 4 nitrogen and oxygen atoms in total. The largest absolute Gasteiger partial charge is 0.492 e. The third kappa shape index (κ3) is 4.83. The lowest BCUT2D eigenvalue weighted by Crippen LogP contribution is -2.33. The van der Waals surface area contributed by atoms with Crippen molar-refractivity contribution < 1.29 is 9.53 Å². The van der Waals surface area contributed by atoms with Gasteiger partial charge in [-0.3, -0.25) is 4.79 Å². The third-order valence-electron chi connectivity index (χ3n) is 4.67. The molecule has 0 bridgehead atoms. The van der Waals surface area contributed by atoms with E-state index < -0.39 is 0 Å². The molecule has 1 atom stereocenters. The van der Waals surface area contributed by atoms with Gasteiger partial charge in [-0.1, -0.05) is 42.5 Å². The average Bonchev–Trinajstić information content (AvgIpc) is 2.87. The van der Waals surface area contributed by atoms with Crippen LogP contribution < -0.4 is 10.5 Å². The highest BCUT2D eigenvalue weighted by atomic mass is 16.5. The molecule has 0 aliphatic carbocycles. The van der Waals surface area contributed by atoms with E-state index in [4.69, 9.17) is 10.5 Å². The zero-order valence-corrected chi connectivity index (χ0v) is 14.6. The molecule has 2 N–H and O–H groups in total. The Morgan fingerprint density at radius 2 is 1.80 bits per heavy atom. The van der Waals surface area contributed by atoms with E-state index in [-0.39, 0.29) is 11.9 Å². The predicted octanol–water partition coefficient (Wildman–Crippen LogP) is 3.26. The zero-order chi connectivity index (χ0) is 17.5. The monoisotopic (exact) mass is 338 g/mol. The van der Waals surface area contributed by atoms with Crippen LogP contribution in [0.4, 0.5) is 0 Å². The quantitative estimate of drug-likeness (QED) is 0.910. The van der Waals surface area contributed by atoms with Crippen molar-refractivity contribution in [3.63, 3.8) is 0 Å². The van der Waals surface area contributed by atoms with E-state index in [1.54, 1.807) is 0 Å².